The van der Waals surface area contributed by atoms with E-state index < -0.39 is 0 Å². The molecule has 4 rings (SSSR count). The molecule has 1 N–H and O–H groups in total. The van der Waals surface area contributed by atoms with E-state index in [2.05, 4.69) is 25.7 Å². The van der Waals surface area contributed by atoms with E-state index in [4.69, 9.17) is 0 Å². The minimum atomic E-state index is -0.110. The Kier molecular flexibility index (Phi) is 3.07. The van der Waals surface area contributed by atoms with Crippen LogP contribution in [0.4, 0.5) is 5.69 Å². The van der Waals surface area contributed by atoms with Crippen LogP contribution < -0.4 is 10.2 Å². The molecular formula is C15H15N5OS. The number of amides is 1. The Hall–Kier alpha value is -2.41. The zero-order chi connectivity index (χ0) is 15.1. The molecule has 1 saturated heterocycles. The molecule has 0 spiro atoms. The van der Waals surface area contributed by atoms with Crippen LogP contribution in [0.3, 0.4) is 0 Å². The normalized spacial score (nSPS) is 15.0. The SMILES string of the molecule is Cn1ccc(C(=O)NC2CN(c3ccnc4ccsc34)C2)n1. The molecule has 0 saturated carbocycles. The number of hydrogen-bond acceptors (Lipinski definition) is 5. The van der Waals surface area contributed by atoms with Crippen molar-refractivity contribution >= 4 is 33.1 Å². The molecule has 22 heavy (non-hydrogen) atoms. The van der Waals surface area contributed by atoms with Crippen LogP contribution in [0.25, 0.3) is 10.2 Å². The van der Waals surface area contributed by atoms with Crippen LogP contribution >= 0.6 is 11.3 Å². The van der Waals surface area contributed by atoms with Gasteiger partial charge in [-0.25, -0.2) is 0 Å². The number of rotatable bonds is 3. The number of anilines is 1. The average molecular weight is 313 g/mol. The summed E-state index contributed by atoms with van der Waals surface area (Å²) >= 11 is 1.70. The number of aryl methyl sites for hydroxylation is 1. The van der Waals surface area contributed by atoms with Gasteiger partial charge < -0.3 is 10.2 Å². The minimum Gasteiger partial charge on any atom is -0.366 e. The maximum Gasteiger partial charge on any atom is 0.272 e. The fourth-order valence-electron chi connectivity index (χ4n) is 2.67. The van der Waals surface area contributed by atoms with Gasteiger partial charge in [-0.2, -0.15) is 5.10 Å². The Morgan fingerprint density at radius 2 is 2.23 bits per heavy atom. The highest BCUT2D eigenvalue weighted by molar-refractivity contribution is 7.17. The van der Waals surface area contributed by atoms with Crippen molar-refractivity contribution in [3.05, 3.63) is 41.7 Å². The molecule has 112 valence electrons. The molecule has 1 aliphatic heterocycles. The van der Waals surface area contributed by atoms with Gasteiger partial charge in [0, 0.05) is 32.5 Å². The van der Waals surface area contributed by atoms with Crippen LogP contribution in [0.1, 0.15) is 10.5 Å². The van der Waals surface area contributed by atoms with Gasteiger partial charge in [-0.1, -0.05) is 0 Å². The third-order valence-corrected chi connectivity index (χ3v) is 4.75. The van der Waals surface area contributed by atoms with Crippen molar-refractivity contribution < 1.29 is 4.79 Å². The third-order valence-electron chi connectivity index (χ3n) is 3.83. The molecule has 0 bridgehead atoms. The molecule has 3 aromatic heterocycles. The Morgan fingerprint density at radius 3 is 3.00 bits per heavy atom. The van der Waals surface area contributed by atoms with Crippen molar-refractivity contribution in [3.63, 3.8) is 0 Å². The van der Waals surface area contributed by atoms with Gasteiger partial charge in [0.15, 0.2) is 0 Å². The lowest BCUT2D eigenvalue weighted by molar-refractivity contribution is 0.0924. The fourth-order valence-corrected chi connectivity index (χ4v) is 3.56. The number of aromatic nitrogens is 3. The van der Waals surface area contributed by atoms with Gasteiger partial charge in [-0.15, -0.1) is 11.3 Å². The molecule has 4 heterocycles. The summed E-state index contributed by atoms with van der Waals surface area (Å²) in [5.41, 5.74) is 2.69. The van der Waals surface area contributed by atoms with E-state index in [0.717, 1.165) is 18.6 Å². The van der Waals surface area contributed by atoms with Crippen molar-refractivity contribution in [2.45, 2.75) is 6.04 Å². The van der Waals surface area contributed by atoms with E-state index in [0.29, 0.717) is 5.69 Å². The molecule has 7 heteroatoms. The van der Waals surface area contributed by atoms with E-state index in [-0.39, 0.29) is 11.9 Å². The van der Waals surface area contributed by atoms with Crippen LogP contribution in [-0.4, -0.2) is 39.8 Å². The molecule has 3 aromatic rings. The van der Waals surface area contributed by atoms with Crippen molar-refractivity contribution in [3.8, 4) is 0 Å². The summed E-state index contributed by atoms with van der Waals surface area (Å²) in [6.07, 6.45) is 3.61. The maximum absolute atomic E-state index is 12.1. The number of nitrogens with zero attached hydrogens (tertiary/aromatic N) is 4. The zero-order valence-corrected chi connectivity index (χ0v) is 12.9. The summed E-state index contributed by atoms with van der Waals surface area (Å²) < 4.78 is 2.84. The molecule has 1 aliphatic rings. The first kappa shape index (κ1) is 13.3. The Labute approximate surface area is 131 Å². The second kappa shape index (κ2) is 5.10. The van der Waals surface area contributed by atoms with Gasteiger partial charge in [0.05, 0.1) is 21.9 Å². The minimum absolute atomic E-state index is 0.110. The van der Waals surface area contributed by atoms with Gasteiger partial charge in [0.1, 0.15) is 5.69 Å². The van der Waals surface area contributed by atoms with E-state index in [1.807, 2.05) is 18.3 Å². The molecule has 1 amide bonds. The van der Waals surface area contributed by atoms with Gasteiger partial charge in [-0.3, -0.25) is 14.5 Å². The predicted molar refractivity (Wildman–Crippen MR) is 86.3 cm³/mol. The Morgan fingerprint density at radius 1 is 1.36 bits per heavy atom. The highest BCUT2D eigenvalue weighted by atomic mass is 32.1. The van der Waals surface area contributed by atoms with Crippen molar-refractivity contribution in [1.82, 2.24) is 20.1 Å². The standard InChI is InChI=1S/C15H15N5OS/c1-19-6-3-12(18-19)15(21)17-10-8-20(9-10)13-2-5-16-11-4-7-22-14(11)13/h2-7,10H,8-9H2,1H3,(H,17,21). The second-order valence-electron chi connectivity index (χ2n) is 5.42. The number of carbonyl (C=O) groups excluding carboxylic acids is 1. The van der Waals surface area contributed by atoms with E-state index in [9.17, 15) is 4.79 Å². The van der Waals surface area contributed by atoms with E-state index in [1.165, 1.54) is 10.4 Å². The van der Waals surface area contributed by atoms with Crippen LogP contribution in [0, 0.1) is 0 Å². The van der Waals surface area contributed by atoms with Crippen molar-refractivity contribution in [2.75, 3.05) is 18.0 Å². The van der Waals surface area contributed by atoms with Crippen LogP contribution in [-0.2, 0) is 7.05 Å². The molecule has 0 unspecified atom stereocenters. The number of carbonyl (C=O) groups is 1. The predicted octanol–water partition coefficient (Wildman–Crippen LogP) is 1.65. The molecular weight excluding hydrogens is 298 g/mol. The quantitative estimate of drug-likeness (QED) is 0.798. The molecule has 6 nitrogen and oxygen atoms in total. The molecule has 0 radical (unpaired) electrons. The van der Waals surface area contributed by atoms with Crippen LogP contribution in [0.5, 0.6) is 0 Å². The fraction of sp³-hybridized carbons (Fsp3) is 0.267. The van der Waals surface area contributed by atoms with Crippen molar-refractivity contribution in [2.24, 2.45) is 7.05 Å². The van der Waals surface area contributed by atoms with Gasteiger partial charge in [-0.05, 0) is 23.6 Å². The molecule has 1 fully saturated rings. The topological polar surface area (TPSA) is 63.1 Å². The number of fused-ring (bicyclic) bond motifs is 1. The summed E-state index contributed by atoms with van der Waals surface area (Å²) in [4.78, 5) is 18.7. The first-order valence-corrected chi connectivity index (χ1v) is 7.96. The molecule has 0 atom stereocenters. The van der Waals surface area contributed by atoms with Gasteiger partial charge >= 0.3 is 0 Å². The smallest absolute Gasteiger partial charge is 0.272 e. The summed E-state index contributed by atoms with van der Waals surface area (Å²) in [6.45, 7) is 1.63. The van der Waals surface area contributed by atoms with Crippen molar-refractivity contribution in [1.29, 1.82) is 0 Å². The first-order valence-electron chi connectivity index (χ1n) is 7.08. The Balaban J connectivity index is 1.42. The Bertz CT molecular complexity index is 833. The third kappa shape index (κ3) is 2.23. The summed E-state index contributed by atoms with van der Waals surface area (Å²) in [5.74, 6) is -0.110. The summed E-state index contributed by atoms with van der Waals surface area (Å²) in [5, 5.41) is 9.19. The number of hydrogen-bond donors (Lipinski definition) is 1. The average Bonchev–Trinajstić information content (AvgIpc) is 3.10. The summed E-state index contributed by atoms with van der Waals surface area (Å²) in [6, 6.07) is 5.96. The monoisotopic (exact) mass is 313 g/mol. The first-order chi connectivity index (χ1) is 10.7. The van der Waals surface area contributed by atoms with E-state index >= 15 is 0 Å². The van der Waals surface area contributed by atoms with Gasteiger partial charge in [0.25, 0.3) is 5.91 Å². The zero-order valence-electron chi connectivity index (χ0n) is 12.1. The number of thiophene rings is 1. The largest absolute Gasteiger partial charge is 0.366 e. The molecule has 0 aromatic carbocycles. The molecule has 0 aliphatic carbocycles. The van der Waals surface area contributed by atoms with Crippen LogP contribution in [0.15, 0.2) is 36.0 Å². The van der Waals surface area contributed by atoms with Crippen LogP contribution in [0.2, 0.25) is 0 Å². The highest BCUT2D eigenvalue weighted by Gasteiger charge is 2.30. The summed E-state index contributed by atoms with van der Waals surface area (Å²) in [7, 11) is 1.80. The lowest BCUT2D eigenvalue weighted by Crippen LogP contribution is -2.59. The lowest BCUT2D eigenvalue weighted by atomic mass is 10.1. The lowest BCUT2D eigenvalue weighted by Gasteiger charge is -2.41. The second-order valence-corrected chi connectivity index (χ2v) is 6.33. The number of pyridine rings is 1. The van der Waals surface area contributed by atoms with Gasteiger partial charge in [0.2, 0.25) is 0 Å². The number of nitrogens with one attached hydrogen (secondary N) is 1. The maximum atomic E-state index is 12.1. The van der Waals surface area contributed by atoms with E-state index in [1.54, 1.807) is 35.3 Å². The highest BCUT2D eigenvalue weighted by Crippen LogP contribution is 2.32.